The summed E-state index contributed by atoms with van der Waals surface area (Å²) in [5.41, 5.74) is -0.217. The van der Waals surface area contributed by atoms with Gasteiger partial charge < -0.3 is 15.7 Å². The van der Waals surface area contributed by atoms with Crippen LogP contribution in [0.15, 0.2) is 6.20 Å². The molecule has 0 atom stereocenters. The molecule has 1 heterocycles. The van der Waals surface area contributed by atoms with Gasteiger partial charge in [-0.3, -0.25) is 0 Å². The summed E-state index contributed by atoms with van der Waals surface area (Å²) in [7, 11) is 0. The Balaban J connectivity index is 2.69. The highest BCUT2D eigenvalue weighted by atomic mass is 35.5. The summed E-state index contributed by atoms with van der Waals surface area (Å²) >= 11 is 6.02. The van der Waals surface area contributed by atoms with E-state index < -0.39 is 0 Å². The van der Waals surface area contributed by atoms with Gasteiger partial charge in [-0.15, -0.1) is 0 Å². The minimum atomic E-state index is -0.217. The van der Waals surface area contributed by atoms with Crippen LogP contribution in [0.25, 0.3) is 0 Å². The molecule has 0 aliphatic carbocycles. The fourth-order valence-corrected chi connectivity index (χ4v) is 1.35. The molecule has 0 radical (unpaired) electrons. The largest absolute Gasteiger partial charge is 0.396 e. The van der Waals surface area contributed by atoms with Crippen LogP contribution in [0.5, 0.6) is 0 Å². The highest BCUT2D eigenvalue weighted by molar-refractivity contribution is 6.32. The third-order valence-electron chi connectivity index (χ3n) is 2.44. The van der Waals surface area contributed by atoms with E-state index in [0.717, 1.165) is 13.0 Å². The van der Waals surface area contributed by atoms with Gasteiger partial charge in [-0.05, 0) is 6.42 Å². The molecule has 5 nitrogen and oxygen atoms in total. The quantitative estimate of drug-likeness (QED) is 0.711. The summed E-state index contributed by atoms with van der Waals surface area (Å²) in [5.74, 6) is 1.15. The number of aliphatic hydroxyl groups is 1. The van der Waals surface area contributed by atoms with E-state index in [0.29, 0.717) is 23.3 Å². The number of anilines is 2. The van der Waals surface area contributed by atoms with Crippen molar-refractivity contribution in [2.24, 2.45) is 5.41 Å². The predicted octanol–water partition coefficient (Wildman–Crippen LogP) is 2.38. The van der Waals surface area contributed by atoms with Crippen LogP contribution < -0.4 is 10.6 Å². The highest BCUT2D eigenvalue weighted by Crippen LogP contribution is 2.22. The van der Waals surface area contributed by atoms with Crippen LogP contribution in [0.1, 0.15) is 27.2 Å². The summed E-state index contributed by atoms with van der Waals surface area (Å²) < 4.78 is 0. The first-order chi connectivity index (χ1) is 8.48. The topological polar surface area (TPSA) is 70.1 Å². The summed E-state index contributed by atoms with van der Waals surface area (Å²) in [6, 6.07) is 0. The average molecular weight is 273 g/mol. The maximum atomic E-state index is 9.19. The molecule has 0 saturated carbocycles. The molecule has 18 heavy (non-hydrogen) atoms. The van der Waals surface area contributed by atoms with Gasteiger partial charge in [-0.25, -0.2) is 4.98 Å². The molecule has 102 valence electrons. The maximum absolute atomic E-state index is 9.19. The van der Waals surface area contributed by atoms with E-state index in [2.05, 4.69) is 27.5 Å². The van der Waals surface area contributed by atoms with Crippen molar-refractivity contribution < 1.29 is 5.11 Å². The van der Waals surface area contributed by atoms with E-state index in [1.807, 2.05) is 13.8 Å². The van der Waals surface area contributed by atoms with Crippen molar-refractivity contribution in [3.63, 3.8) is 0 Å². The summed E-state index contributed by atoms with van der Waals surface area (Å²) in [6.45, 7) is 7.52. The molecule has 0 aliphatic heterocycles. The van der Waals surface area contributed by atoms with Gasteiger partial charge in [0.15, 0.2) is 5.82 Å². The lowest BCUT2D eigenvalue weighted by atomic mass is 9.95. The van der Waals surface area contributed by atoms with E-state index in [-0.39, 0.29) is 12.0 Å². The van der Waals surface area contributed by atoms with Crippen molar-refractivity contribution in [3.8, 4) is 0 Å². The first-order valence-corrected chi connectivity index (χ1v) is 6.47. The number of hydrogen-bond donors (Lipinski definition) is 3. The van der Waals surface area contributed by atoms with E-state index in [4.69, 9.17) is 11.6 Å². The van der Waals surface area contributed by atoms with E-state index in [1.165, 1.54) is 0 Å². The third kappa shape index (κ3) is 4.66. The van der Waals surface area contributed by atoms with Crippen LogP contribution >= 0.6 is 11.6 Å². The third-order valence-corrected chi connectivity index (χ3v) is 2.72. The van der Waals surface area contributed by atoms with Gasteiger partial charge in [0, 0.05) is 25.1 Å². The zero-order valence-corrected chi connectivity index (χ0v) is 11.9. The Bertz CT molecular complexity index is 384. The van der Waals surface area contributed by atoms with Crippen molar-refractivity contribution in [3.05, 3.63) is 11.2 Å². The SMILES string of the molecule is CCCNc1ncc(Cl)c(NCC(C)(C)CO)n1. The molecule has 0 fully saturated rings. The van der Waals surface area contributed by atoms with Crippen LogP contribution in [-0.2, 0) is 0 Å². The van der Waals surface area contributed by atoms with Crippen LogP contribution in [0.3, 0.4) is 0 Å². The Kier molecular flexibility index (Phi) is 5.62. The second-order valence-electron chi connectivity index (χ2n) is 4.99. The molecule has 0 spiro atoms. The van der Waals surface area contributed by atoms with E-state index in [9.17, 15) is 5.11 Å². The van der Waals surface area contributed by atoms with Crippen molar-refractivity contribution >= 4 is 23.4 Å². The van der Waals surface area contributed by atoms with Crippen molar-refractivity contribution in [2.45, 2.75) is 27.2 Å². The van der Waals surface area contributed by atoms with Crippen LogP contribution in [0.4, 0.5) is 11.8 Å². The second-order valence-corrected chi connectivity index (χ2v) is 5.40. The number of aromatic nitrogens is 2. The minimum absolute atomic E-state index is 0.101. The lowest BCUT2D eigenvalue weighted by Crippen LogP contribution is -2.27. The van der Waals surface area contributed by atoms with Gasteiger partial charge in [0.1, 0.15) is 5.02 Å². The standard InChI is InChI=1S/C12H21ClN4O/c1-4-5-14-11-15-6-9(13)10(17-11)16-7-12(2,3)8-18/h6,18H,4-5,7-8H2,1-3H3,(H2,14,15,16,17). The molecule has 1 aromatic heterocycles. The Morgan fingerprint density at radius 2 is 2.11 bits per heavy atom. The Labute approximate surface area is 113 Å². The average Bonchev–Trinajstić information content (AvgIpc) is 2.36. The molecule has 0 unspecified atom stereocenters. The normalized spacial score (nSPS) is 11.4. The van der Waals surface area contributed by atoms with Crippen molar-refractivity contribution in [2.75, 3.05) is 30.3 Å². The molecule has 0 aliphatic rings. The number of rotatable bonds is 7. The number of aliphatic hydroxyl groups excluding tert-OH is 1. The molecular weight excluding hydrogens is 252 g/mol. The summed E-state index contributed by atoms with van der Waals surface area (Å²) in [6.07, 6.45) is 2.58. The maximum Gasteiger partial charge on any atom is 0.224 e. The predicted molar refractivity (Wildman–Crippen MR) is 75.2 cm³/mol. The number of halogens is 1. The summed E-state index contributed by atoms with van der Waals surface area (Å²) in [5, 5.41) is 15.9. The van der Waals surface area contributed by atoms with Gasteiger partial charge >= 0.3 is 0 Å². The van der Waals surface area contributed by atoms with E-state index in [1.54, 1.807) is 6.20 Å². The Morgan fingerprint density at radius 1 is 1.39 bits per heavy atom. The lowest BCUT2D eigenvalue weighted by Gasteiger charge is -2.22. The van der Waals surface area contributed by atoms with Crippen LogP contribution in [-0.4, -0.2) is 34.8 Å². The zero-order valence-electron chi connectivity index (χ0n) is 11.1. The second kappa shape index (κ2) is 6.75. The van der Waals surface area contributed by atoms with Crippen molar-refractivity contribution in [1.82, 2.24) is 9.97 Å². The molecule has 1 rings (SSSR count). The Hall–Kier alpha value is -1.07. The smallest absolute Gasteiger partial charge is 0.224 e. The van der Waals surface area contributed by atoms with Crippen LogP contribution in [0, 0.1) is 5.41 Å². The van der Waals surface area contributed by atoms with Crippen molar-refractivity contribution in [1.29, 1.82) is 0 Å². The zero-order chi connectivity index (χ0) is 13.6. The molecule has 1 aromatic rings. The van der Waals surface area contributed by atoms with Gasteiger partial charge in [0.05, 0.1) is 6.20 Å². The first kappa shape index (κ1) is 15.0. The molecule has 0 amide bonds. The molecular formula is C12H21ClN4O. The molecule has 0 bridgehead atoms. The highest BCUT2D eigenvalue weighted by Gasteiger charge is 2.17. The van der Waals surface area contributed by atoms with Gasteiger partial charge in [-0.1, -0.05) is 32.4 Å². The van der Waals surface area contributed by atoms with E-state index >= 15 is 0 Å². The van der Waals surface area contributed by atoms with Crippen LogP contribution in [0.2, 0.25) is 5.02 Å². The Morgan fingerprint density at radius 3 is 2.72 bits per heavy atom. The molecule has 6 heteroatoms. The van der Waals surface area contributed by atoms with Gasteiger partial charge in [0.2, 0.25) is 5.95 Å². The fraction of sp³-hybridized carbons (Fsp3) is 0.667. The molecule has 3 N–H and O–H groups in total. The number of nitrogens with one attached hydrogen (secondary N) is 2. The fourth-order valence-electron chi connectivity index (χ4n) is 1.19. The number of hydrogen-bond acceptors (Lipinski definition) is 5. The number of nitrogens with zero attached hydrogens (tertiary/aromatic N) is 2. The molecule has 0 saturated heterocycles. The monoisotopic (exact) mass is 272 g/mol. The summed E-state index contributed by atoms with van der Waals surface area (Å²) in [4.78, 5) is 8.40. The van der Waals surface area contributed by atoms with Gasteiger partial charge in [0.25, 0.3) is 0 Å². The van der Waals surface area contributed by atoms with Gasteiger partial charge in [-0.2, -0.15) is 4.98 Å². The molecule has 0 aromatic carbocycles. The first-order valence-electron chi connectivity index (χ1n) is 6.09. The lowest BCUT2D eigenvalue weighted by molar-refractivity contribution is 0.170. The minimum Gasteiger partial charge on any atom is -0.396 e.